The fraction of sp³-hybridized carbons (Fsp3) is 0.808. The van der Waals surface area contributed by atoms with Crippen LogP contribution in [0.2, 0.25) is 0 Å². The molecule has 0 saturated carbocycles. The summed E-state index contributed by atoms with van der Waals surface area (Å²) >= 11 is 0. The SMILES string of the molecule is CCCCC[C@H](O)/C=C/C=C(/CCCC[C@@H]1N[C@H](C)CCC[C@H]1CC(=O)O)C[C@H](O)CO. The molecule has 1 fully saturated rings. The number of carbonyl (C=O) groups is 1. The van der Waals surface area contributed by atoms with Gasteiger partial charge in [0.2, 0.25) is 0 Å². The molecule has 0 aliphatic carbocycles. The Hall–Kier alpha value is -1.21. The van der Waals surface area contributed by atoms with Crippen LogP contribution in [-0.2, 0) is 4.79 Å². The van der Waals surface area contributed by atoms with E-state index in [1.807, 2.05) is 12.2 Å². The molecule has 1 rings (SSSR count). The smallest absolute Gasteiger partial charge is 0.303 e. The highest BCUT2D eigenvalue weighted by atomic mass is 16.4. The molecule has 0 aromatic rings. The molecule has 5 atom stereocenters. The van der Waals surface area contributed by atoms with E-state index in [-0.39, 0.29) is 25.0 Å². The van der Waals surface area contributed by atoms with Crippen molar-refractivity contribution in [3.05, 3.63) is 23.8 Å². The zero-order valence-electron chi connectivity index (χ0n) is 20.2. The Bertz CT molecular complexity index is 562. The average Bonchev–Trinajstić information content (AvgIpc) is 2.91. The standard InChI is InChI=1S/C26H47NO5/c1-3-4-5-14-23(29)15-9-12-21(17-24(30)19-28)11-6-7-16-25-22(18-26(31)32)13-8-10-20(2)27-25/h9,12,15,20,22-25,27-30H,3-8,10-11,13-14,16-19H2,1-2H3,(H,31,32)/b15-9+,21-12-/t20-,22+,23+,24+,25+/m1/s1. The van der Waals surface area contributed by atoms with Gasteiger partial charge in [0.15, 0.2) is 0 Å². The van der Waals surface area contributed by atoms with Crippen molar-refractivity contribution in [1.29, 1.82) is 0 Å². The maximum absolute atomic E-state index is 11.3. The number of nitrogens with one attached hydrogen (secondary N) is 1. The molecule has 0 unspecified atom stereocenters. The summed E-state index contributed by atoms with van der Waals surface area (Å²) in [5.41, 5.74) is 1.06. The quantitative estimate of drug-likeness (QED) is 0.176. The highest BCUT2D eigenvalue weighted by Gasteiger charge is 2.27. The number of allylic oxidation sites excluding steroid dienone is 2. The third-order valence-corrected chi connectivity index (χ3v) is 6.46. The van der Waals surface area contributed by atoms with Gasteiger partial charge < -0.3 is 25.7 Å². The molecule has 1 saturated heterocycles. The van der Waals surface area contributed by atoms with E-state index in [0.717, 1.165) is 76.2 Å². The fourth-order valence-corrected chi connectivity index (χ4v) is 4.62. The number of hydrogen-bond donors (Lipinski definition) is 5. The van der Waals surface area contributed by atoms with Crippen molar-refractivity contribution in [1.82, 2.24) is 5.32 Å². The van der Waals surface area contributed by atoms with Crippen LogP contribution < -0.4 is 5.32 Å². The first kappa shape index (κ1) is 28.8. The number of carboxylic acid groups (broad SMARTS) is 1. The van der Waals surface area contributed by atoms with Gasteiger partial charge in [-0.25, -0.2) is 0 Å². The van der Waals surface area contributed by atoms with Gasteiger partial charge in [-0.15, -0.1) is 0 Å². The predicted molar refractivity (Wildman–Crippen MR) is 130 cm³/mol. The van der Waals surface area contributed by atoms with Crippen molar-refractivity contribution in [2.45, 2.75) is 122 Å². The molecule has 1 heterocycles. The van der Waals surface area contributed by atoms with E-state index in [1.54, 1.807) is 6.08 Å². The monoisotopic (exact) mass is 453 g/mol. The van der Waals surface area contributed by atoms with Crippen molar-refractivity contribution in [2.75, 3.05) is 6.61 Å². The third-order valence-electron chi connectivity index (χ3n) is 6.46. The Labute approximate surface area is 194 Å². The van der Waals surface area contributed by atoms with Crippen LogP contribution in [0.15, 0.2) is 23.8 Å². The van der Waals surface area contributed by atoms with E-state index < -0.39 is 18.2 Å². The third kappa shape index (κ3) is 13.4. The van der Waals surface area contributed by atoms with Gasteiger partial charge in [-0.2, -0.15) is 0 Å². The number of carboxylic acids is 1. The van der Waals surface area contributed by atoms with Crippen molar-refractivity contribution < 1.29 is 25.2 Å². The van der Waals surface area contributed by atoms with Crippen molar-refractivity contribution in [3.8, 4) is 0 Å². The van der Waals surface area contributed by atoms with Gasteiger partial charge in [0, 0.05) is 18.5 Å². The molecule has 0 aromatic carbocycles. The molecule has 1 aliphatic heterocycles. The molecule has 5 N–H and O–H groups in total. The van der Waals surface area contributed by atoms with Gasteiger partial charge in [-0.3, -0.25) is 4.79 Å². The number of aliphatic hydroxyl groups excluding tert-OH is 3. The van der Waals surface area contributed by atoms with E-state index >= 15 is 0 Å². The van der Waals surface area contributed by atoms with Crippen molar-refractivity contribution >= 4 is 5.97 Å². The number of unbranched alkanes of at least 4 members (excludes halogenated alkanes) is 3. The second kappa shape index (κ2) is 17.3. The minimum atomic E-state index is -0.770. The van der Waals surface area contributed by atoms with Gasteiger partial charge in [0.05, 0.1) is 18.8 Å². The zero-order valence-corrected chi connectivity index (χ0v) is 20.2. The summed E-state index contributed by atoms with van der Waals surface area (Å²) < 4.78 is 0. The minimum absolute atomic E-state index is 0.181. The summed E-state index contributed by atoms with van der Waals surface area (Å²) in [5.74, 6) is -0.538. The average molecular weight is 454 g/mol. The van der Waals surface area contributed by atoms with E-state index in [2.05, 4.69) is 19.2 Å². The van der Waals surface area contributed by atoms with Crippen LogP contribution in [0.25, 0.3) is 0 Å². The number of aliphatic hydroxyl groups is 3. The molecule has 0 aromatic heterocycles. The molecule has 0 amide bonds. The van der Waals surface area contributed by atoms with E-state index in [9.17, 15) is 25.2 Å². The molecule has 6 heteroatoms. The summed E-state index contributed by atoms with van der Waals surface area (Å²) in [4.78, 5) is 11.3. The first-order chi connectivity index (χ1) is 15.3. The minimum Gasteiger partial charge on any atom is -0.481 e. The summed E-state index contributed by atoms with van der Waals surface area (Å²) in [6.07, 6.45) is 15.9. The summed E-state index contributed by atoms with van der Waals surface area (Å²) in [7, 11) is 0. The summed E-state index contributed by atoms with van der Waals surface area (Å²) in [6.45, 7) is 4.06. The van der Waals surface area contributed by atoms with Gasteiger partial charge >= 0.3 is 5.97 Å². The second-order valence-corrected chi connectivity index (χ2v) is 9.52. The molecule has 6 nitrogen and oxygen atoms in total. The number of aliphatic carboxylic acids is 1. The Morgan fingerprint density at radius 1 is 1.16 bits per heavy atom. The lowest BCUT2D eigenvalue weighted by Crippen LogP contribution is -2.40. The second-order valence-electron chi connectivity index (χ2n) is 9.52. The normalized spacial score (nSPS) is 24.4. The molecular weight excluding hydrogens is 406 g/mol. The molecule has 0 bridgehead atoms. The van der Waals surface area contributed by atoms with Crippen LogP contribution in [0, 0.1) is 5.92 Å². The maximum atomic E-state index is 11.3. The highest BCUT2D eigenvalue weighted by Crippen LogP contribution is 2.26. The first-order valence-corrected chi connectivity index (χ1v) is 12.7. The van der Waals surface area contributed by atoms with Crippen LogP contribution in [0.4, 0.5) is 0 Å². The molecule has 1 aliphatic rings. The Balaban J connectivity index is 2.57. The summed E-state index contributed by atoms with van der Waals surface area (Å²) in [6, 6.07) is 0.653. The molecular formula is C26H47NO5. The van der Waals surface area contributed by atoms with Crippen LogP contribution in [0.5, 0.6) is 0 Å². The number of hydrogen-bond acceptors (Lipinski definition) is 5. The van der Waals surface area contributed by atoms with Gasteiger partial charge in [0.1, 0.15) is 0 Å². The van der Waals surface area contributed by atoms with Gasteiger partial charge in [-0.1, -0.05) is 62.8 Å². The fourth-order valence-electron chi connectivity index (χ4n) is 4.62. The Morgan fingerprint density at radius 3 is 2.62 bits per heavy atom. The van der Waals surface area contributed by atoms with E-state index in [1.165, 1.54) is 0 Å². The molecule has 32 heavy (non-hydrogen) atoms. The zero-order chi connectivity index (χ0) is 23.8. The lowest BCUT2D eigenvalue weighted by atomic mass is 9.88. The first-order valence-electron chi connectivity index (χ1n) is 12.7. The predicted octanol–water partition coefficient (Wildman–Crippen LogP) is 4.34. The molecule has 186 valence electrons. The van der Waals surface area contributed by atoms with Gasteiger partial charge in [-0.05, 0) is 57.8 Å². The molecule has 0 radical (unpaired) electrons. The van der Waals surface area contributed by atoms with Crippen LogP contribution in [0.1, 0.15) is 97.3 Å². The van der Waals surface area contributed by atoms with Crippen molar-refractivity contribution in [3.63, 3.8) is 0 Å². The van der Waals surface area contributed by atoms with Crippen LogP contribution in [0.3, 0.4) is 0 Å². The topological polar surface area (TPSA) is 110 Å². The maximum Gasteiger partial charge on any atom is 0.303 e. The van der Waals surface area contributed by atoms with Crippen LogP contribution in [-0.4, -0.2) is 57.3 Å². The van der Waals surface area contributed by atoms with E-state index in [4.69, 9.17) is 0 Å². The Kier molecular flexibility index (Phi) is 15.6. The molecule has 0 spiro atoms. The largest absolute Gasteiger partial charge is 0.481 e. The lowest BCUT2D eigenvalue weighted by Gasteiger charge is -2.26. The highest BCUT2D eigenvalue weighted by molar-refractivity contribution is 5.67. The summed E-state index contributed by atoms with van der Waals surface area (Å²) in [5, 5.41) is 42.1. The lowest BCUT2D eigenvalue weighted by molar-refractivity contribution is -0.138. The Morgan fingerprint density at radius 2 is 1.94 bits per heavy atom. The van der Waals surface area contributed by atoms with Crippen molar-refractivity contribution in [2.24, 2.45) is 5.92 Å². The van der Waals surface area contributed by atoms with E-state index in [0.29, 0.717) is 12.5 Å². The van der Waals surface area contributed by atoms with Gasteiger partial charge in [0.25, 0.3) is 0 Å². The number of rotatable bonds is 16. The van der Waals surface area contributed by atoms with Crippen LogP contribution >= 0.6 is 0 Å².